The van der Waals surface area contributed by atoms with Gasteiger partial charge in [0.05, 0.1) is 19.9 Å². The molecule has 6 nitrogen and oxygen atoms in total. The van der Waals surface area contributed by atoms with E-state index in [1.807, 2.05) is 0 Å². The SMILES string of the molecule is COc1ccc(/C=C2\C(=O)NC(=S)N(c3ccc(OC)cc3)C2=O)cc1. The highest BCUT2D eigenvalue weighted by Gasteiger charge is 2.34. The molecular weight excluding hydrogens is 352 g/mol. The van der Waals surface area contributed by atoms with Crippen molar-refractivity contribution in [2.24, 2.45) is 0 Å². The Hall–Kier alpha value is -3.19. The van der Waals surface area contributed by atoms with Gasteiger partial charge < -0.3 is 9.47 Å². The molecule has 2 aromatic rings. The molecule has 0 aliphatic carbocycles. The molecule has 0 unspecified atom stereocenters. The van der Waals surface area contributed by atoms with Crippen LogP contribution in [0.1, 0.15) is 5.56 Å². The number of thiocarbonyl (C=S) groups is 1. The van der Waals surface area contributed by atoms with Crippen molar-refractivity contribution in [2.45, 2.75) is 0 Å². The van der Waals surface area contributed by atoms with Gasteiger partial charge in [-0.1, -0.05) is 12.1 Å². The van der Waals surface area contributed by atoms with Crippen LogP contribution in [0.25, 0.3) is 6.08 Å². The molecule has 0 aromatic heterocycles. The van der Waals surface area contributed by atoms with Gasteiger partial charge in [0.2, 0.25) is 0 Å². The van der Waals surface area contributed by atoms with Gasteiger partial charge in [0.25, 0.3) is 11.8 Å². The topological polar surface area (TPSA) is 67.9 Å². The maximum Gasteiger partial charge on any atom is 0.270 e. The summed E-state index contributed by atoms with van der Waals surface area (Å²) >= 11 is 5.17. The van der Waals surface area contributed by atoms with Crippen LogP contribution >= 0.6 is 12.2 Å². The van der Waals surface area contributed by atoms with E-state index in [0.717, 1.165) is 0 Å². The van der Waals surface area contributed by atoms with E-state index in [-0.39, 0.29) is 10.7 Å². The normalized spacial score (nSPS) is 15.8. The summed E-state index contributed by atoms with van der Waals surface area (Å²) in [4.78, 5) is 26.4. The Balaban J connectivity index is 1.95. The Kier molecular flexibility index (Phi) is 4.99. The molecule has 0 radical (unpaired) electrons. The molecule has 1 heterocycles. The average molecular weight is 368 g/mol. The zero-order valence-electron chi connectivity index (χ0n) is 14.2. The molecule has 0 spiro atoms. The highest BCUT2D eigenvalue weighted by atomic mass is 32.1. The van der Waals surface area contributed by atoms with Gasteiger partial charge >= 0.3 is 0 Å². The third-order valence-electron chi connectivity index (χ3n) is 3.86. The van der Waals surface area contributed by atoms with E-state index in [0.29, 0.717) is 22.7 Å². The molecule has 2 aromatic carbocycles. The Morgan fingerprint density at radius 2 is 1.46 bits per heavy atom. The maximum absolute atomic E-state index is 12.9. The van der Waals surface area contributed by atoms with Crippen molar-refractivity contribution in [1.82, 2.24) is 5.32 Å². The van der Waals surface area contributed by atoms with Gasteiger partial charge in [-0.3, -0.25) is 19.8 Å². The number of methoxy groups -OCH3 is 2. The molecule has 7 heteroatoms. The van der Waals surface area contributed by atoms with E-state index in [2.05, 4.69) is 5.32 Å². The summed E-state index contributed by atoms with van der Waals surface area (Å²) in [6, 6.07) is 13.9. The van der Waals surface area contributed by atoms with E-state index in [9.17, 15) is 9.59 Å². The molecule has 1 fully saturated rings. The van der Waals surface area contributed by atoms with Crippen LogP contribution in [0.5, 0.6) is 11.5 Å². The van der Waals surface area contributed by atoms with Gasteiger partial charge in [0.1, 0.15) is 17.1 Å². The number of nitrogens with zero attached hydrogens (tertiary/aromatic N) is 1. The van der Waals surface area contributed by atoms with Crippen molar-refractivity contribution >= 4 is 40.9 Å². The largest absolute Gasteiger partial charge is 0.497 e. The lowest BCUT2D eigenvalue weighted by Crippen LogP contribution is -2.54. The zero-order chi connectivity index (χ0) is 18.7. The summed E-state index contributed by atoms with van der Waals surface area (Å²) in [7, 11) is 3.13. The fourth-order valence-corrected chi connectivity index (χ4v) is 2.77. The van der Waals surface area contributed by atoms with Gasteiger partial charge in [-0.15, -0.1) is 0 Å². The molecule has 0 atom stereocenters. The van der Waals surface area contributed by atoms with Gasteiger partial charge in [-0.2, -0.15) is 0 Å². The van der Waals surface area contributed by atoms with Crippen LogP contribution in [0.4, 0.5) is 5.69 Å². The summed E-state index contributed by atoms with van der Waals surface area (Å²) in [6.45, 7) is 0. The third kappa shape index (κ3) is 3.43. The summed E-state index contributed by atoms with van der Waals surface area (Å²) in [5.41, 5.74) is 1.24. The number of rotatable bonds is 4. The second kappa shape index (κ2) is 7.37. The number of amides is 2. The van der Waals surface area contributed by atoms with Gasteiger partial charge in [-0.05, 0) is 60.3 Å². The number of benzene rings is 2. The molecule has 132 valence electrons. The Morgan fingerprint density at radius 1 is 0.923 bits per heavy atom. The summed E-state index contributed by atoms with van der Waals surface area (Å²) in [5.74, 6) is 0.329. The van der Waals surface area contributed by atoms with Crippen LogP contribution in [0.2, 0.25) is 0 Å². The quantitative estimate of drug-likeness (QED) is 0.510. The Bertz CT molecular complexity index is 889. The van der Waals surface area contributed by atoms with Crippen LogP contribution in [-0.4, -0.2) is 31.1 Å². The number of nitrogens with one attached hydrogen (secondary N) is 1. The Morgan fingerprint density at radius 3 is 2.00 bits per heavy atom. The van der Waals surface area contributed by atoms with E-state index in [1.54, 1.807) is 62.8 Å². The number of carbonyl (C=O) groups is 2. The minimum Gasteiger partial charge on any atom is -0.497 e. The molecule has 3 rings (SSSR count). The number of anilines is 1. The maximum atomic E-state index is 12.9. The predicted octanol–water partition coefficient (Wildman–Crippen LogP) is 2.54. The zero-order valence-corrected chi connectivity index (χ0v) is 15.0. The second-order valence-electron chi connectivity index (χ2n) is 5.43. The molecule has 1 aliphatic heterocycles. The van der Waals surface area contributed by atoms with E-state index in [1.165, 1.54) is 11.0 Å². The van der Waals surface area contributed by atoms with Crippen molar-refractivity contribution in [3.63, 3.8) is 0 Å². The van der Waals surface area contributed by atoms with E-state index in [4.69, 9.17) is 21.7 Å². The van der Waals surface area contributed by atoms with E-state index < -0.39 is 11.8 Å². The molecule has 26 heavy (non-hydrogen) atoms. The number of carbonyl (C=O) groups excluding carboxylic acids is 2. The Labute approximate surface area is 156 Å². The summed E-state index contributed by atoms with van der Waals surface area (Å²) in [5, 5.41) is 2.59. The minimum absolute atomic E-state index is 0.000384. The standard InChI is InChI=1S/C19H16N2O4S/c1-24-14-7-3-12(4-8-14)11-16-17(22)20-19(26)21(18(16)23)13-5-9-15(25-2)10-6-13/h3-11H,1-2H3,(H,20,22,26)/b16-11+. The molecule has 2 amide bonds. The fraction of sp³-hybridized carbons (Fsp3) is 0.105. The van der Waals surface area contributed by atoms with Crippen LogP contribution < -0.4 is 19.7 Å². The van der Waals surface area contributed by atoms with Gasteiger partial charge in [-0.25, -0.2) is 0 Å². The van der Waals surface area contributed by atoms with Crippen molar-refractivity contribution < 1.29 is 19.1 Å². The van der Waals surface area contributed by atoms with Crippen molar-refractivity contribution in [3.8, 4) is 11.5 Å². The van der Waals surface area contributed by atoms with Crippen LogP contribution in [0.15, 0.2) is 54.1 Å². The van der Waals surface area contributed by atoms with Crippen molar-refractivity contribution in [3.05, 3.63) is 59.7 Å². The molecular formula is C19H16N2O4S. The number of hydrogen-bond donors (Lipinski definition) is 1. The first kappa shape index (κ1) is 17.6. The van der Waals surface area contributed by atoms with Crippen LogP contribution in [0.3, 0.4) is 0 Å². The minimum atomic E-state index is -0.527. The van der Waals surface area contributed by atoms with Crippen molar-refractivity contribution in [2.75, 3.05) is 19.1 Å². The first-order valence-electron chi connectivity index (χ1n) is 7.73. The molecule has 1 aliphatic rings. The molecule has 0 saturated carbocycles. The lowest BCUT2D eigenvalue weighted by Gasteiger charge is -2.29. The highest BCUT2D eigenvalue weighted by molar-refractivity contribution is 7.80. The third-order valence-corrected chi connectivity index (χ3v) is 4.14. The lowest BCUT2D eigenvalue weighted by molar-refractivity contribution is -0.122. The first-order valence-corrected chi connectivity index (χ1v) is 8.14. The second-order valence-corrected chi connectivity index (χ2v) is 5.82. The van der Waals surface area contributed by atoms with Crippen molar-refractivity contribution in [1.29, 1.82) is 0 Å². The van der Waals surface area contributed by atoms with Gasteiger partial charge in [0.15, 0.2) is 5.11 Å². The average Bonchev–Trinajstić information content (AvgIpc) is 2.66. The van der Waals surface area contributed by atoms with Crippen LogP contribution in [0, 0.1) is 0 Å². The highest BCUT2D eigenvalue weighted by Crippen LogP contribution is 2.24. The number of hydrogen-bond acceptors (Lipinski definition) is 5. The lowest BCUT2D eigenvalue weighted by atomic mass is 10.1. The molecule has 0 bridgehead atoms. The smallest absolute Gasteiger partial charge is 0.270 e. The summed E-state index contributed by atoms with van der Waals surface area (Å²) < 4.78 is 10.2. The summed E-state index contributed by atoms with van der Waals surface area (Å²) in [6.07, 6.45) is 1.52. The van der Waals surface area contributed by atoms with Gasteiger partial charge in [0, 0.05) is 0 Å². The number of ether oxygens (including phenoxy) is 2. The predicted molar refractivity (Wildman–Crippen MR) is 102 cm³/mol. The molecule has 1 N–H and O–H groups in total. The van der Waals surface area contributed by atoms with Crippen LogP contribution in [-0.2, 0) is 9.59 Å². The fourth-order valence-electron chi connectivity index (χ4n) is 2.49. The van der Waals surface area contributed by atoms with E-state index >= 15 is 0 Å². The molecule has 1 saturated heterocycles. The monoisotopic (exact) mass is 368 g/mol. The first-order chi connectivity index (χ1) is 12.5.